The molecule has 0 aliphatic carbocycles. The van der Waals surface area contributed by atoms with Crippen LogP contribution < -0.4 is 10.2 Å². The first-order chi connectivity index (χ1) is 13.1. The van der Waals surface area contributed by atoms with Crippen molar-refractivity contribution in [2.45, 2.75) is 13.8 Å². The van der Waals surface area contributed by atoms with E-state index in [1.54, 1.807) is 32.1 Å². The summed E-state index contributed by atoms with van der Waals surface area (Å²) in [4.78, 5) is 24.9. The summed E-state index contributed by atoms with van der Waals surface area (Å²) in [5.74, 6) is -0.0231. The number of esters is 1. The van der Waals surface area contributed by atoms with Gasteiger partial charge in [0.1, 0.15) is 5.58 Å². The van der Waals surface area contributed by atoms with Crippen molar-refractivity contribution in [1.82, 2.24) is 0 Å². The third-order valence-electron chi connectivity index (χ3n) is 3.90. The van der Waals surface area contributed by atoms with Crippen LogP contribution in [0.3, 0.4) is 0 Å². The number of ether oxygens (including phenoxy) is 2. The number of hydrogen-bond donors (Lipinski definition) is 0. The summed E-state index contributed by atoms with van der Waals surface area (Å²) in [5.41, 5.74) is 1.33. The molecule has 5 nitrogen and oxygen atoms in total. The van der Waals surface area contributed by atoms with E-state index in [2.05, 4.69) is 0 Å². The summed E-state index contributed by atoms with van der Waals surface area (Å²) in [6, 6.07) is 14.3. The van der Waals surface area contributed by atoms with E-state index in [1.807, 2.05) is 36.4 Å². The highest BCUT2D eigenvalue weighted by atomic mass is 16.5. The van der Waals surface area contributed by atoms with Gasteiger partial charge in [-0.15, -0.1) is 0 Å². The van der Waals surface area contributed by atoms with Crippen molar-refractivity contribution in [3.8, 4) is 5.75 Å². The Kier molecular flexibility index (Phi) is 5.71. The molecule has 5 heteroatoms. The molecule has 138 valence electrons. The molecule has 0 amide bonds. The molecule has 0 aliphatic heterocycles. The third-order valence-corrected chi connectivity index (χ3v) is 3.90. The van der Waals surface area contributed by atoms with Crippen molar-refractivity contribution < 1.29 is 18.7 Å². The largest absolute Gasteiger partial charge is 0.487 e. The normalized spacial score (nSPS) is 11.0. The third kappa shape index (κ3) is 4.08. The molecule has 27 heavy (non-hydrogen) atoms. The van der Waals surface area contributed by atoms with Gasteiger partial charge in [0.05, 0.1) is 24.2 Å². The van der Waals surface area contributed by atoms with Crippen molar-refractivity contribution >= 4 is 29.1 Å². The molecular weight excluding hydrogens is 344 g/mol. The molecule has 3 rings (SSSR count). The Morgan fingerprint density at radius 3 is 2.52 bits per heavy atom. The predicted molar refractivity (Wildman–Crippen MR) is 105 cm³/mol. The zero-order valence-corrected chi connectivity index (χ0v) is 15.2. The topological polar surface area (TPSA) is 65.7 Å². The molecule has 0 unspecified atom stereocenters. The lowest BCUT2D eigenvalue weighted by Gasteiger charge is -2.09. The van der Waals surface area contributed by atoms with Crippen molar-refractivity contribution in [2.24, 2.45) is 0 Å². The monoisotopic (exact) mass is 364 g/mol. The van der Waals surface area contributed by atoms with Crippen LogP contribution >= 0.6 is 0 Å². The molecule has 0 N–H and O–H groups in total. The number of rotatable bonds is 6. The summed E-state index contributed by atoms with van der Waals surface area (Å²) >= 11 is 0. The molecule has 1 aromatic heterocycles. The average Bonchev–Trinajstić information content (AvgIpc) is 2.69. The second-order valence-electron chi connectivity index (χ2n) is 5.73. The maximum atomic E-state index is 12.9. The SMILES string of the molecule is CCOC(=O)c1ccc2oc(C=Cc3ccccc3)c(OCC)c(=O)c2c1. The molecule has 0 fully saturated rings. The van der Waals surface area contributed by atoms with Crippen LogP contribution in [-0.4, -0.2) is 19.2 Å². The fourth-order valence-corrected chi connectivity index (χ4v) is 2.66. The van der Waals surface area contributed by atoms with Crippen LogP contribution in [0.1, 0.15) is 35.5 Å². The average molecular weight is 364 g/mol. The van der Waals surface area contributed by atoms with Gasteiger partial charge in [0.25, 0.3) is 0 Å². The van der Waals surface area contributed by atoms with E-state index in [-0.39, 0.29) is 23.2 Å². The number of hydrogen-bond acceptors (Lipinski definition) is 5. The lowest BCUT2D eigenvalue weighted by molar-refractivity contribution is 0.0526. The summed E-state index contributed by atoms with van der Waals surface area (Å²) in [5, 5.41) is 0.279. The van der Waals surface area contributed by atoms with Crippen molar-refractivity contribution in [1.29, 1.82) is 0 Å². The molecule has 0 spiro atoms. The lowest BCUT2D eigenvalue weighted by Crippen LogP contribution is -2.11. The van der Waals surface area contributed by atoms with Gasteiger partial charge < -0.3 is 13.9 Å². The summed E-state index contributed by atoms with van der Waals surface area (Å²) < 4.78 is 16.4. The summed E-state index contributed by atoms with van der Waals surface area (Å²) in [7, 11) is 0. The Bertz CT molecular complexity index is 1030. The minimum Gasteiger partial charge on any atom is -0.487 e. The Hall–Kier alpha value is -3.34. The Balaban J connectivity index is 2.10. The first-order valence-electron chi connectivity index (χ1n) is 8.78. The molecule has 0 bridgehead atoms. The number of carbonyl (C=O) groups excluding carboxylic acids is 1. The van der Waals surface area contributed by atoms with Gasteiger partial charge in [-0.05, 0) is 43.7 Å². The van der Waals surface area contributed by atoms with E-state index in [9.17, 15) is 9.59 Å². The van der Waals surface area contributed by atoms with Crippen LogP contribution in [0.5, 0.6) is 5.75 Å². The minimum atomic E-state index is -0.482. The Labute approximate surface area is 156 Å². The van der Waals surface area contributed by atoms with Crippen LogP contribution in [0.4, 0.5) is 0 Å². The van der Waals surface area contributed by atoms with E-state index in [4.69, 9.17) is 13.9 Å². The van der Waals surface area contributed by atoms with E-state index in [0.717, 1.165) is 5.56 Å². The van der Waals surface area contributed by atoms with Gasteiger partial charge in [-0.3, -0.25) is 4.79 Å². The van der Waals surface area contributed by atoms with E-state index in [0.29, 0.717) is 23.5 Å². The van der Waals surface area contributed by atoms with Crippen molar-refractivity contribution in [3.05, 3.63) is 75.6 Å². The molecule has 1 heterocycles. The minimum absolute atomic E-state index is 0.123. The van der Waals surface area contributed by atoms with Crippen molar-refractivity contribution in [2.75, 3.05) is 13.2 Å². The van der Waals surface area contributed by atoms with Gasteiger partial charge >= 0.3 is 5.97 Å². The van der Waals surface area contributed by atoms with Gasteiger partial charge in [0, 0.05) is 0 Å². The fourth-order valence-electron chi connectivity index (χ4n) is 2.66. The summed E-state index contributed by atoms with van der Waals surface area (Å²) in [6.45, 7) is 4.11. The molecular formula is C22H20O5. The smallest absolute Gasteiger partial charge is 0.338 e. The molecule has 0 radical (unpaired) electrons. The first-order valence-corrected chi connectivity index (χ1v) is 8.78. The standard InChI is InChI=1S/C22H20O5/c1-3-25-21-19(12-10-15-8-6-5-7-9-15)27-18-13-11-16(22(24)26-4-2)14-17(18)20(21)23/h5-14H,3-4H2,1-2H3. The number of carbonyl (C=O) groups is 1. The highest BCUT2D eigenvalue weighted by Gasteiger charge is 2.16. The number of fused-ring (bicyclic) bond motifs is 1. The van der Waals surface area contributed by atoms with Crippen LogP contribution in [-0.2, 0) is 4.74 Å². The van der Waals surface area contributed by atoms with Gasteiger partial charge in [0.2, 0.25) is 11.2 Å². The highest BCUT2D eigenvalue weighted by molar-refractivity contribution is 5.94. The quantitative estimate of drug-likeness (QED) is 0.601. The number of benzene rings is 2. The lowest BCUT2D eigenvalue weighted by atomic mass is 10.1. The zero-order valence-electron chi connectivity index (χ0n) is 15.2. The molecule has 0 atom stereocenters. The summed E-state index contributed by atoms with van der Waals surface area (Å²) in [6.07, 6.45) is 3.56. The van der Waals surface area contributed by atoms with E-state index >= 15 is 0 Å². The Morgan fingerprint density at radius 2 is 1.81 bits per heavy atom. The maximum Gasteiger partial charge on any atom is 0.338 e. The molecule has 3 aromatic rings. The highest BCUT2D eigenvalue weighted by Crippen LogP contribution is 2.24. The van der Waals surface area contributed by atoms with Gasteiger partial charge in [0.15, 0.2) is 5.76 Å². The van der Waals surface area contributed by atoms with Crippen LogP contribution in [0.25, 0.3) is 23.1 Å². The maximum absolute atomic E-state index is 12.9. The second-order valence-corrected chi connectivity index (χ2v) is 5.73. The van der Waals surface area contributed by atoms with E-state index in [1.165, 1.54) is 6.07 Å². The second kappa shape index (κ2) is 8.36. The Morgan fingerprint density at radius 1 is 1.04 bits per heavy atom. The van der Waals surface area contributed by atoms with Crippen molar-refractivity contribution in [3.63, 3.8) is 0 Å². The molecule has 0 aliphatic rings. The fraction of sp³-hybridized carbons (Fsp3) is 0.182. The van der Waals surface area contributed by atoms with Gasteiger partial charge in [-0.25, -0.2) is 4.79 Å². The van der Waals surface area contributed by atoms with Crippen LogP contribution in [0, 0.1) is 0 Å². The zero-order chi connectivity index (χ0) is 19.2. The predicted octanol–water partition coefficient (Wildman–Crippen LogP) is 4.54. The van der Waals surface area contributed by atoms with Gasteiger partial charge in [-0.2, -0.15) is 0 Å². The van der Waals surface area contributed by atoms with Crippen LogP contribution in [0.2, 0.25) is 0 Å². The molecule has 0 saturated carbocycles. The van der Waals surface area contributed by atoms with Crippen LogP contribution in [0.15, 0.2) is 57.7 Å². The molecule has 2 aromatic carbocycles. The first kappa shape index (κ1) is 18.5. The van der Waals surface area contributed by atoms with Gasteiger partial charge in [-0.1, -0.05) is 36.4 Å². The molecule has 0 saturated heterocycles. The van der Waals surface area contributed by atoms with E-state index < -0.39 is 5.97 Å².